The number of aryl methyl sites for hydroxylation is 1. The fourth-order valence-corrected chi connectivity index (χ4v) is 5.93. The van der Waals surface area contributed by atoms with Crippen molar-refractivity contribution >= 4 is 46.4 Å². The van der Waals surface area contributed by atoms with Crippen molar-refractivity contribution in [2.45, 2.75) is 25.7 Å². The van der Waals surface area contributed by atoms with E-state index in [1.165, 1.54) is 18.3 Å². The highest BCUT2D eigenvalue weighted by molar-refractivity contribution is 6.36. The molecule has 196 valence electrons. The Hall–Kier alpha value is -2.92. The number of likely N-dealkylation sites (tertiary alicyclic amines) is 1. The molecule has 0 amide bonds. The maximum Gasteiger partial charge on any atom is 0.337 e. The van der Waals surface area contributed by atoms with Gasteiger partial charge < -0.3 is 4.74 Å². The van der Waals surface area contributed by atoms with Crippen LogP contribution in [-0.4, -0.2) is 44.3 Å². The van der Waals surface area contributed by atoms with Crippen LogP contribution in [0.25, 0.3) is 17.2 Å². The monoisotopic (exact) mass is 549 g/mol. The number of methoxy groups -OCH3 is 1. The number of hydrogen-bond donors (Lipinski definition) is 0. The molecule has 0 saturated carbocycles. The van der Waals surface area contributed by atoms with Gasteiger partial charge in [-0.25, -0.2) is 4.79 Å². The third-order valence-electron chi connectivity index (χ3n) is 7.26. The van der Waals surface area contributed by atoms with Crippen LogP contribution in [-0.2, 0) is 11.2 Å². The summed E-state index contributed by atoms with van der Waals surface area (Å²) in [5, 5.41) is 1.23. The minimum Gasteiger partial charge on any atom is -0.465 e. The SMILES string of the molecule is COC(=O)c1ccc2c(c1)CCCC(c1ccc(Cl)cc1Cl)=C2c1ccc(C=C2CN(CCCF)C2)cc1. The van der Waals surface area contributed by atoms with Crippen LogP contribution in [0, 0.1) is 0 Å². The Bertz CT molecular complexity index is 1400. The summed E-state index contributed by atoms with van der Waals surface area (Å²) in [6.45, 7) is 2.36. The van der Waals surface area contributed by atoms with Gasteiger partial charge in [0.25, 0.3) is 0 Å². The first-order valence-electron chi connectivity index (χ1n) is 12.9. The van der Waals surface area contributed by atoms with Crippen LogP contribution >= 0.6 is 23.2 Å². The Morgan fingerprint density at radius 3 is 2.47 bits per heavy atom. The van der Waals surface area contributed by atoms with Crippen molar-refractivity contribution in [3.63, 3.8) is 0 Å². The second kappa shape index (κ2) is 11.9. The average molecular weight is 551 g/mol. The maximum atomic E-state index is 12.4. The molecule has 5 rings (SSSR count). The van der Waals surface area contributed by atoms with Gasteiger partial charge in [-0.05, 0) is 94.5 Å². The number of ether oxygens (including phenoxy) is 1. The minimum absolute atomic E-state index is 0.261. The molecule has 0 atom stereocenters. The predicted octanol–water partition coefficient (Wildman–Crippen LogP) is 8.13. The van der Waals surface area contributed by atoms with Gasteiger partial charge in [0.1, 0.15) is 0 Å². The summed E-state index contributed by atoms with van der Waals surface area (Å²) in [7, 11) is 1.40. The number of benzene rings is 3. The normalized spacial score (nSPS) is 15.5. The van der Waals surface area contributed by atoms with Gasteiger partial charge in [0.15, 0.2) is 0 Å². The summed E-state index contributed by atoms with van der Waals surface area (Å²) in [5.41, 5.74) is 9.66. The molecule has 1 saturated heterocycles. The zero-order valence-corrected chi connectivity index (χ0v) is 22.9. The van der Waals surface area contributed by atoms with Crippen LogP contribution in [0.4, 0.5) is 4.39 Å². The van der Waals surface area contributed by atoms with Gasteiger partial charge in [0.05, 0.1) is 19.3 Å². The van der Waals surface area contributed by atoms with E-state index in [-0.39, 0.29) is 12.6 Å². The highest BCUT2D eigenvalue weighted by atomic mass is 35.5. The zero-order chi connectivity index (χ0) is 26.6. The molecule has 38 heavy (non-hydrogen) atoms. The lowest BCUT2D eigenvalue weighted by Crippen LogP contribution is -2.40. The topological polar surface area (TPSA) is 29.5 Å². The van der Waals surface area contributed by atoms with Crippen LogP contribution in [0.1, 0.15) is 57.4 Å². The molecule has 1 fully saturated rings. The van der Waals surface area contributed by atoms with Crippen molar-refractivity contribution in [2.24, 2.45) is 0 Å². The Labute approximate surface area is 233 Å². The molecule has 6 heteroatoms. The first-order valence-corrected chi connectivity index (χ1v) is 13.7. The molecule has 2 aliphatic rings. The van der Waals surface area contributed by atoms with Crippen LogP contribution in [0.2, 0.25) is 10.0 Å². The summed E-state index contributed by atoms with van der Waals surface area (Å²) in [6.07, 6.45) is 5.45. The number of alkyl halides is 1. The van der Waals surface area contributed by atoms with Crippen molar-refractivity contribution in [3.05, 3.63) is 110 Å². The maximum absolute atomic E-state index is 12.4. The van der Waals surface area contributed by atoms with E-state index >= 15 is 0 Å². The van der Waals surface area contributed by atoms with Crippen LogP contribution in [0.5, 0.6) is 0 Å². The Kier molecular flexibility index (Phi) is 8.32. The van der Waals surface area contributed by atoms with E-state index in [4.69, 9.17) is 27.9 Å². The molecule has 0 radical (unpaired) electrons. The first-order chi connectivity index (χ1) is 18.5. The van der Waals surface area contributed by atoms with Gasteiger partial charge in [-0.1, -0.05) is 65.7 Å². The third-order valence-corrected chi connectivity index (χ3v) is 7.81. The Morgan fingerprint density at radius 2 is 1.76 bits per heavy atom. The minimum atomic E-state index is -0.333. The number of halogens is 3. The van der Waals surface area contributed by atoms with Crippen molar-refractivity contribution in [2.75, 3.05) is 33.4 Å². The van der Waals surface area contributed by atoms with Gasteiger partial charge in [0.2, 0.25) is 0 Å². The molecule has 3 nitrogen and oxygen atoms in total. The van der Waals surface area contributed by atoms with E-state index < -0.39 is 0 Å². The van der Waals surface area contributed by atoms with Gasteiger partial charge in [0, 0.05) is 29.7 Å². The average Bonchev–Trinajstić information content (AvgIpc) is 3.09. The van der Waals surface area contributed by atoms with Gasteiger partial charge in [-0.3, -0.25) is 9.29 Å². The second-order valence-corrected chi connectivity index (χ2v) is 10.7. The van der Waals surface area contributed by atoms with Crippen LogP contribution in [0.15, 0.2) is 66.2 Å². The van der Waals surface area contributed by atoms with E-state index in [1.54, 1.807) is 6.07 Å². The van der Waals surface area contributed by atoms with Crippen molar-refractivity contribution in [1.82, 2.24) is 4.90 Å². The van der Waals surface area contributed by atoms with Crippen molar-refractivity contribution in [3.8, 4) is 0 Å². The largest absolute Gasteiger partial charge is 0.465 e. The predicted molar refractivity (Wildman–Crippen MR) is 155 cm³/mol. The van der Waals surface area contributed by atoms with Crippen LogP contribution < -0.4 is 0 Å². The first kappa shape index (κ1) is 26.7. The fourth-order valence-electron chi connectivity index (χ4n) is 5.41. The molecule has 3 aromatic carbocycles. The summed E-state index contributed by atoms with van der Waals surface area (Å²) >= 11 is 12.9. The molecule has 0 aromatic heterocycles. The fraction of sp³-hybridized carbons (Fsp3) is 0.281. The Morgan fingerprint density at radius 1 is 1.00 bits per heavy atom. The van der Waals surface area contributed by atoms with Crippen LogP contribution in [0.3, 0.4) is 0 Å². The van der Waals surface area contributed by atoms with Gasteiger partial charge >= 0.3 is 5.97 Å². The molecular weight excluding hydrogens is 520 g/mol. The zero-order valence-electron chi connectivity index (χ0n) is 21.4. The molecule has 3 aromatic rings. The number of rotatable bonds is 7. The molecule has 0 bridgehead atoms. The number of allylic oxidation sites excluding steroid dienone is 1. The number of fused-ring (bicyclic) bond motifs is 1. The van der Waals surface area contributed by atoms with Gasteiger partial charge in [-0.2, -0.15) is 0 Å². The summed E-state index contributed by atoms with van der Waals surface area (Å²) in [5.74, 6) is -0.333. The molecule has 1 aliphatic carbocycles. The Balaban J connectivity index is 1.55. The van der Waals surface area contributed by atoms with E-state index in [0.717, 1.165) is 72.3 Å². The molecule has 0 N–H and O–H groups in total. The van der Waals surface area contributed by atoms with Gasteiger partial charge in [-0.15, -0.1) is 0 Å². The van der Waals surface area contributed by atoms with E-state index in [0.29, 0.717) is 22.0 Å². The molecule has 0 spiro atoms. The van der Waals surface area contributed by atoms with Crippen molar-refractivity contribution in [1.29, 1.82) is 0 Å². The highest BCUT2D eigenvalue weighted by Gasteiger charge is 2.23. The van der Waals surface area contributed by atoms with E-state index in [1.807, 2.05) is 30.3 Å². The number of hydrogen-bond acceptors (Lipinski definition) is 3. The smallest absolute Gasteiger partial charge is 0.337 e. The van der Waals surface area contributed by atoms with Crippen molar-refractivity contribution < 1.29 is 13.9 Å². The second-order valence-electron chi connectivity index (χ2n) is 9.87. The molecular formula is C32H30Cl2FNO2. The number of nitrogens with zero attached hydrogens (tertiary/aromatic N) is 1. The lowest BCUT2D eigenvalue weighted by Gasteiger charge is -2.33. The number of carbonyl (C=O) groups is 1. The quantitative estimate of drug-likeness (QED) is 0.278. The summed E-state index contributed by atoms with van der Waals surface area (Å²) < 4.78 is 17.4. The molecule has 1 aliphatic heterocycles. The highest BCUT2D eigenvalue weighted by Crippen LogP contribution is 2.42. The molecule has 0 unspecified atom stereocenters. The lowest BCUT2D eigenvalue weighted by molar-refractivity contribution is 0.0600. The standard InChI is InChI=1S/C32H30Cl2FNO2/c1-38-32(37)25-10-12-27-24(17-25)4-2-5-29(28-13-11-26(33)18-30(28)34)31(27)23-8-6-21(7-9-23)16-22-19-36(20-22)15-3-14-35/h6-13,16-18H,2-5,14-15,19-20H2,1H3. The third kappa shape index (κ3) is 5.73. The van der Waals surface area contributed by atoms with E-state index in [2.05, 4.69) is 35.2 Å². The summed E-state index contributed by atoms with van der Waals surface area (Å²) in [4.78, 5) is 14.5. The molecule has 1 heterocycles. The van der Waals surface area contributed by atoms with E-state index in [9.17, 15) is 9.18 Å². The lowest BCUT2D eigenvalue weighted by atomic mass is 9.87. The summed E-state index contributed by atoms with van der Waals surface area (Å²) in [6, 6.07) is 20.1. The number of carbonyl (C=O) groups excluding carboxylic acids is 1. The number of esters is 1.